The van der Waals surface area contributed by atoms with Crippen molar-refractivity contribution < 1.29 is 19.4 Å². The molecule has 6 nitrogen and oxygen atoms in total. The first-order chi connectivity index (χ1) is 13.8. The van der Waals surface area contributed by atoms with E-state index in [0.29, 0.717) is 29.7 Å². The Morgan fingerprint density at radius 1 is 1.14 bits per heavy atom. The van der Waals surface area contributed by atoms with E-state index in [4.69, 9.17) is 9.47 Å². The van der Waals surface area contributed by atoms with Crippen LogP contribution in [0.5, 0.6) is 5.75 Å². The Morgan fingerprint density at radius 2 is 1.86 bits per heavy atom. The number of anilines is 1. The number of nitrogens with one attached hydrogen (secondary N) is 1. The van der Waals surface area contributed by atoms with Crippen molar-refractivity contribution >= 4 is 11.8 Å². The van der Waals surface area contributed by atoms with Gasteiger partial charge in [-0.2, -0.15) is 0 Å². The number of rotatable bonds is 5. The smallest absolute Gasteiger partial charge is 0.412 e. The van der Waals surface area contributed by atoms with Gasteiger partial charge in [0, 0.05) is 6.20 Å². The van der Waals surface area contributed by atoms with Crippen molar-refractivity contribution in [2.75, 3.05) is 5.32 Å². The molecule has 156 valence electrons. The van der Waals surface area contributed by atoms with E-state index in [-0.39, 0.29) is 6.10 Å². The van der Waals surface area contributed by atoms with Gasteiger partial charge in [0.05, 0.1) is 24.1 Å². The van der Waals surface area contributed by atoms with Crippen LogP contribution in [-0.4, -0.2) is 27.9 Å². The van der Waals surface area contributed by atoms with E-state index in [9.17, 15) is 9.90 Å². The number of aromatic nitrogens is 1. The lowest BCUT2D eigenvalue weighted by Gasteiger charge is -2.29. The molecule has 29 heavy (non-hydrogen) atoms. The van der Waals surface area contributed by atoms with Gasteiger partial charge in [0.2, 0.25) is 0 Å². The van der Waals surface area contributed by atoms with Crippen LogP contribution in [0.3, 0.4) is 0 Å². The Morgan fingerprint density at radius 3 is 2.55 bits per heavy atom. The molecule has 3 rings (SSSR count). The van der Waals surface area contributed by atoms with Crippen molar-refractivity contribution in [2.45, 2.75) is 70.7 Å². The highest BCUT2D eigenvalue weighted by molar-refractivity contribution is 5.85. The molecule has 6 heteroatoms. The summed E-state index contributed by atoms with van der Waals surface area (Å²) >= 11 is 0. The van der Waals surface area contributed by atoms with E-state index in [1.165, 1.54) is 0 Å². The van der Waals surface area contributed by atoms with Crippen LogP contribution >= 0.6 is 0 Å². The van der Waals surface area contributed by atoms with Gasteiger partial charge in [0.1, 0.15) is 11.4 Å². The second-order valence-corrected chi connectivity index (χ2v) is 8.47. The van der Waals surface area contributed by atoms with Crippen LogP contribution in [0.25, 0.3) is 0 Å². The van der Waals surface area contributed by atoms with Crippen molar-refractivity contribution in [2.24, 2.45) is 0 Å². The van der Waals surface area contributed by atoms with E-state index < -0.39 is 11.7 Å². The highest BCUT2D eigenvalue weighted by atomic mass is 16.6. The monoisotopic (exact) mass is 398 g/mol. The molecular weight excluding hydrogens is 368 g/mol. The van der Waals surface area contributed by atoms with Gasteiger partial charge < -0.3 is 14.6 Å². The molecule has 1 amide bonds. The first-order valence-corrected chi connectivity index (χ1v) is 10.2. The zero-order chi connectivity index (χ0) is 20.9. The maximum atomic E-state index is 12.1. The van der Waals surface area contributed by atoms with E-state index in [0.717, 1.165) is 31.2 Å². The highest BCUT2D eigenvalue weighted by Crippen LogP contribution is 2.38. The van der Waals surface area contributed by atoms with Gasteiger partial charge in [0.15, 0.2) is 0 Å². The number of hydrogen-bond acceptors (Lipinski definition) is 5. The zero-order valence-electron chi connectivity index (χ0n) is 17.4. The van der Waals surface area contributed by atoms with Crippen molar-refractivity contribution in [1.29, 1.82) is 0 Å². The molecule has 2 aromatic rings. The largest absolute Gasteiger partial charge is 0.508 e. The van der Waals surface area contributed by atoms with Crippen LogP contribution in [-0.2, 0) is 16.1 Å². The number of hydrogen-bond donors (Lipinski definition) is 2. The van der Waals surface area contributed by atoms with E-state index in [1.807, 2.05) is 39.0 Å². The minimum Gasteiger partial charge on any atom is -0.508 e. The molecule has 1 aromatic heterocycles. The van der Waals surface area contributed by atoms with Gasteiger partial charge in [-0.1, -0.05) is 18.2 Å². The van der Waals surface area contributed by atoms with Gasteiger partial charge in [0.25, 0.3) is 0 Å². The van der Waals surface area contributed by atoms with E-state index in [2.05, 4.69) is 10.3 Å². The molecule has 2 N–H and O–H groups in total. The Balaban J connectivity index is 1.52. The number of amides is 1. The van der Waals surface area contributed by atoms with Crippen LogP contribution in [0.15, 0.2) is 42.6 Å². The molecule has 0 unspecified atom stereocenters. The van der Waals surface area contributed by atoms with Gasteiger partial charge in [-0.15, -0.1) is 0 Å². The predicted octanol–water partition coefficient (Wildman–Crippen LogP) is 5.38. The molecule has 1 aromatic carbocycles. The Kier molecular flexibility index (Phi) is 6.75. The van der Waals surface area contributed by atoms with E-state index >= 15 is 0 Å². The minimum absolute atomic E-state index is 0.147. The molecule has 0 saturated heterocycles. The number of pyridine rings is 1. The number of phenols is 1. The van der Waals surface area contributed by atoms with Crippen molar-refractivity contribution in [3.05, 3.63) is 53.9 Å². The number of carbonyl (C=O) groups is 1. The summed E-state index contributed by atoms with van der Waals surface area (Å²) in [5.74, 6) is 0.749. The third-order valence-electron chi connectivity index (χ3n) is 5.03. The lowest BCUT2D eigenvalue weighted by molar-refractivity contribution is 0.0119. The van der Waals surface area contributed by atoms with Crippen molar-refractivity contribution in [3.8, 4) is 5.75 Å². The molecule has 0 radical (unpaired) electrons. The first-order valence-electron chi connectivity index (χ1n) is 10.2. The minimum atomic E-state index is -0.561. The number of carbonyl (C=O) groups excluding carboxylic acids is 1. The Hall–Kier alpha value is -2.60. The van der Waals surface area contributed by atoms with Crippen LogP contribution in [0.2, 0.25) is 0 Å². The predicted molar refractivity (Wildman–Crippen MR) is 112 cm³/mol. The van der Waals surface area contributed by atoms with Gasteiger partial charge in [-0.05, 0) is 76.1 Å². The molecular formula is C23H30N2O4. The fourth-order valence-corrected chi connectivity index (χ4v) is 3.65. The Labute approximate surface area is 172 Å². The average molecular weight is 399 g/mol. The lowest BCUT2D eigenvalue weighted by atomic mass is 9.82. The summed E-state index contributed by atoms with van der Waals surface area (Å²) in [6.45, 7) is 5.81. The normalized spacial score (nSPS) is 19.6. The zero-order valence-corrected chi connectivity index (χ0v) is 17.4. The van der Waals surface area contributed by atoms with Crippen LogP contribution in [0.4, 0.5) is 10.5 Å². The topological polar surface area (TPSA) is 80.7 Å². The molecule has 0 aliphatic heterocycles. The highest BCUT2D eigenvalue weighted by Gasteiger charge is 2.25. The summed E-state index contributed by atoms with van der Waals surface area (Å²) in [4.78, 5) is 16.4. The average Bonchev–Trinajstić information content (AvgIpc) is 2.67. The van der Waals surface area contributed by atoms with Crippen molar-refractivity contribution in [3.63, 3.8) is 0 Å². The van der Waals surface area contributed by atoms with E-state index in [1.54, 1.807) is 24.4 Å². The first kappa shape index (κ1) is 21.1. The molecule has 1 aliphatic carbocycles. The summed E-state index contributed by atoms with van der Waals surface area (Å²) in [7, 11) is 0. The Bertz CT molecular complexity index is 824. The maximum absolute atomic E-state index is 12.1. The summed E-state index contributed by atoms with van der Waals surface area (Å²) in [5.41, 5.74) is 1.75. The van der Waals surface area contributed by atoms with Gasteiger partial charge in [-0.3, -0.25) is 10.3 Å². The second kappa shape index (κ2) is 9.27. The lowest BCUT2D eigenvalue weighted by Crippen LogP contribution is -2.27. The fourth-order valence-electron chi connectivity index (χ4n) is 3.65. The molecule has 1 heterocycles. The molecule has 1 aliphatic rings. The molecule has 1 saturated carbocycles. The number of aromatic hydroxyl groups is 1. The standard InChI is InChI=1S/C23H30N2O4/c1-23(2,3)29-22(27)25-19-8-6-14-24-20(19)15-28-17-12-10-16(11-13-17)18-7-4-5-9-21(18)26/h4-9,14,16-17,26H,10-13,15H2,1-3H3,(H,25,27). The SMILES string of the molecule is CC(C)(C)OC(=O)Nc1cccnc1COC1CCC(c2ccccc2O)CC1. The third kappa shape index (κ3) is 6.19. The third-order valence-corrected chi connectivity index (χ3v) is 5.03. The molecule has 0 bridgehead atoms. The quantitative estimate of drug-likeness (QED) is 0.707. The summed E-state index contributed by atoms with van der Waals surface area (Å²) < 4.78 is 11.4. The molecule has 0 atom stereocenters. The molecule has 1 fully saturated rings. The summed E-state index contributed by atoms with van der Waals surface area (Å²) in [6.07, 6.45) is 5.15. The molecule has 0 spiro atoms. The summed E-state index contributed by atoms with van der Waals surface area (Å²) in [5, 5.41) is 12.8. The summed E-state index contributed by atoms with van der Waals surface area (Å²) in [6, 6.07) is 11.1. The van der Waals surface area contributed by atoms with Crippen molar-refractivity contribution in [1.82, 2.24) is 4.98 Å². The number of phenolic OH excluding ortho intramolecular Hbond substituents is 1. The maximum Gasteiger partial charge on any atom is 0.412 e. The second-order valence-electron chi connectivity index (χ2n) is 8.47. The van der Waals surface area contributed by atoms with Crippen LogP contribution in [0, 0.1) is 0 Å². The van der Waals surface area contributed by atoms with Gasteiger partial charge in [-0.25, -0.2) is 4.79 Å². The number of benzene rings is 1. The number of para-hydroxylation sites is 1. The fraction of sp³-hybridized carbons (Fsp3) is 0.478. The number of ether oxygens (including phenoxy) is 2. The van der Waals surface area contributed by atoms with Crippen LogP contribution < -0.4 is 5.32 Å². The van der Waals surface area contributed by atoms with Gasteiger partial charge >= 0.3 is 6.09 Å². The number of nitrogens with zero attached hydrogens (tertiary/aromatic N) is 1. The van der Waals surface area contributed by atoms with Crippen LogP contribution in [0.1, 0.15) is 63.6 Å².